The zero-order valence-electron chi connectivity index (χ0n) is 21.5. The Balaban J connectivity index is 0.000000220. The summed E-state index contributed by atoms with van der Waals surface area (Å²) < 4.78 is 34.7. The third-order valence-corrected chi connectivity index (χ3v) is 6.48. The van der Waals surface area contributed by atoms with Crippen molar-refractivity contribution in [3.8, 4) is 0 Å². The highest BCUT2D eigenvalue weighted by atomic mass is 32.2. The Morgan fingerprint density at radius 3 is 1.46 bits per heavy atom. The SMILES string of the molecule is CC(C)(C)C(OOS(=O)(=O)c1ccccc1)c1ccccc1.c1ccc(COCc2ccccc2)cc1. The third kappa shape index (κ3) is 9.59. The van der Waals surface area contributed by atoms with E-state index in [0.29, 0.717) is 13.2 Å². The fourth-order valence-electron chi connectivity index (χ4n) is 3.48. The number of ether oxygens (including phenoxy) is 1. The lowest BCUT2D eigenvalue weighted by atomic mass is 9.85. The Hall–Kier alpha value is -3.29. The van der Waals surface area contributed by atoms with E-state index >= 15 is 0 Å². The van der Waals surface area contributed by atoms with Gasteiger partial charge in [0.2, 0.25) is 0 Å². The van der Waals surface area contributed by atoms with Gasteiger partial charge in [0.25, 0.3) is 0 Å². The van der Waals surface area contributed by atoms with Crippen LogP contribution < -0.4 is 0 Å². The quantitative estimate of drug-likeness (QED) is 0.169. The van der Waals surface area contributed by atoms with Gasteiger partial charge in [-0.3, -0.25) is 0 Å². The highest BCUT2D eigenvalue weighted by molar-refractivity contribution is 7.86. The van der Waals surface area contributed by atoms with E-state index in [1.807, 2.05) is 87.5 Å². The van der Waals surface area contributed by atoms with E-state index in [1.165, 1.54) is 23.3 Å². The monoisotopic (exact) mass is 518 g/mol. The largest absolute Gasteiger partial charge is 0.372 e. The number of hydrogen-bond acceptors (Lipinski definition) is 5. The maximum Gasteiger partial charge on any atom is 0.323 e. The summed E-state index contributed by atoms with van der Waals surface area (Å²) in [4.78, 5) is 5.39. The molecule has 37 heavy (non-hydrogen) atoms. The Morgan fingerprint density at radius 1 is 0.622 bits per heavy atom. The van der Waals surface area contributed by atoms with Crippen molar-refractivity contribution in [1.82, 2.24) is 0 Å². The molecule has 0 radical (unpaired) electrons. The van der Waals surface area contributed by atoms with Crippen LogP contribution >= 0.6 is 0 Å². The van der Waals surface area contributed by atoms with Gasteiger partial charge in [0.1, 0.15) is 6.10 Å². The summed E-state index contributed by atoms with van der Waals surface area (Å²) in [5, 5.41) is 0. The van der Waals surface area contributed by atoms with Crippen molar-refractivity contribution in [2.24, 2.45) is 5.41 Å². The van der Waals surface area contributed by atoms with Gasteiger partial charge in [-0.25, -0.2) is 4.89 Å². The molecule has 1 atom stereocenters. The summed E-state index contributed by atoms with van der Waals surface area (Å²) in [6.07, 6.45) is -0.507. The van der Waals surface area contributed by atoms with Crippen LogP contribution in [0.15, 0.2) is 126 Å². The second-order valence-corrected chi connectivity index (χ2v) is 11.1. The first-order valence-electron chi connectivity index (χ1n) is 12.1. The maximum absolute atomic E-state index is 12.1. The van der Waals surface area contributed by atoms with Crippen LogP contribution in [0.3, 0.4) is 0 Å². The highest BCUT2D eigenvalue weighted by Gasteiger charge is 2.30. The van der Waals surface area contributed by atoms with Crippen LogP contribution in [0.4, 0.5) is 0 Å². The van der Waals surface area contributed by atoms with Crippen molar-refractivity contribution >= 4 is 10.1 Å². The van der Waals surface area contributed by atoms with E-state index in [4.69, 9.17) is 14.0 Å². The summed E-state index contributed by atoms with van der Waals surface area (Å²) >= 11 is 0. The first-order valence-corrected chi connectivity index (χ1v) is 13.5. The van der Waals surface area contributed by atoms with Gasteiger partial charge in [0, 0.05) is 0 Å². The van der Waals surface area contributed by atoms with Gasteiger partial charge in [-0.15, -0.1) is 4.33 Å². The molecule has 0 aromatic heterocycles. The molecule has 0 aliphatic heterocycles. The minimum absolute atomic E-state index is 0.0655. The van der Waals surface area contributed by atoms with E-state index in [-0.39, 0.29) is 10.3 Å². The summed E-state index contributed by atoms with van der Waals surface area (Å²) in [6, 6.07) is 37.8. The fourth-order valence-corrected chi connectivity index (χ4v) is 4.23. The van der Waals surface area contributed by atoms with E-state index in [0.717, 1.165) is 5.56 Å². The van der Waals surface area contributed by atoms with Crippen molar-refractivity contribution in [3.63, 3.8) is 0 Å². The first-order chi connectivity index (χ1) is 17.8. The Morgan fingerprint density at radius 2 is 1.03 bits per heavy atom. The van der Waals surface area contributed by atoms with Gasteiger partial charge >= 0.3 is 10.1 Å². The molecule has 0 heterocycles. The van der Waals surface area contributed by atoms with Crippen molar-refractivity contribution in [2.45, 2.75) is 45.0 Å². The van der Waals surface area contributed by atoms with Crippen LogP contribution in [0.2, 0.25) is 0 Å². The second-order valence-electron chi connectivity index (χ2n) is 9.55. The molecule has 6 heteroatoms. The van der Waals surface area contributed by atoms with Gasteiger partial charge in [0.05, 0.1) is 18.1 Å². The Labute approximate surface area is 220 Å². The number of rotatable bonds is 9. The molecule has 1 unspecified atom stereocenters. The molecule has 0 spiro atoms. The highest BCUT2D eigenvalue weighted by Crippen LogP contribution is 2.36. The lowest BCUT2D eigenvalue weighted by molar-refractivity contribution is -0.268. The minimum atomic E-state index is -3.95. The number of benzene rings is 4. The van der Waals surface area contributed by atoms with Crippen LogP contribution in [-0.2, 0) is 37.3 Å². The zero-order valence-corrected chi connectivity index (χ0v) is 22.3. The molecular weight excluding hydrogens is 484 g/mol. The number of hydrogen-bond donors (Lipinski definition) is 0. The fraction of sp³-hybridized carbons (Fsp3) is 0.226. The van der Waals surface area contributed by atoms with Crippen LogP contribution in [0, 0.1) is 5.41 Å². The van der Waals surface area contributed by atoms with Crippen molar-refractivity contribution in [1.29, 1.82) is 0 Å². The first kappa shape index (κ1) is 28.3. The molecule has 4 aromatic rings. The van der Waals surface area contributed by atoms with Gasteiger partial charge in [0.15, 0.2) is 0 Å². The molecule has 194 valence electrons. The third-order valence-electron chi connectivity index (χ3n) is 5.37. The topological polar surface area (TPSA) is 61.8 Å². The predicted molar refractivity (Wildman–Crippen MR) is 146 cm³/mol. The average Bonchev–Trinajstić information content (AvgIpc) is 2.91. The van der Waals surface area contributed by atoms with Crippen LogP contribution in [-0.4, -0.2) is 8.42 Å². The van der Waals surface area contributed by atoms with Crippen LogP contribution in [0.1, 0.15) is 43.6 Å². The smallest absolute Gasteiger partial charge is 0.323 e. The Kier molecular flexibility index (Phi) is 10.6. The van der Waals surface area contributed by atoms with Gasteiger partial charge in [-0.1, -0.05) is 130 Å². The van der Waals surface area contributed by atoms with E-state index in [2.05, 4.69) is 24.3 Å². The molecular formula is C31H34O5S. The van der Waals surface area contributed by atoms with Crippen LogP contribution in [0.5, 0.6) is 0 Å². The van der Waals surface area contributed by atoms with Crippen LogP contribution in [0.25, 0.3) is 0 Å². The lowest BCUT2D eigenvalue weighted by Gasteiger charge is -2.29. The molecule has 5 nitrogen and oxygen atoms in total. The van der Waals surface area contributed by atoms with Gasteiger partial charge < -0.3 is 4.74 Å². The lowest BCUT2D eigenvalue weighted by Crippen LogP contribution is -2.23. The standard InChI is InChI=1S/C17H20O4S.C14H14O/c1-17(2,3)16(14-10-6-4-7-11-14)20-21-22(18,19)15-12-8-5-9-13-15;1-3-7-13(8-4-1)11-15-12-14-9-5-2-6-10-14/h4-13,16H,1-3H3;1-10H,11-12H2. The van der Waals surface area contributed by atoms with Crippen molar-refractivity contribution < 1.29 is 22.4 Å². The normalized spacial score (nSPS) is 12.3. The Bertz CT molecular complexity index is 1230. The minimum Gasteiger partial charge on any atom is -0.372 e. The average molecular weight is 519 g/mol. The van der Waals surface area contributed by atoms with Crippen molar-refractivity contribution in [2.75, 3.05) is 0 Å². The molecule has 0 aliphatic rings. The molecule has 0 bridgehead atoms. The summed E-state index contributed by atoms with van der Waals surface area (Å²) in [5.74, 6) is 0. The van der Waals surface area contributed by atoms with Gasteiger partial charge in [-0.2, -0.15) is 8.42 Å². The van der Waals surface area contributed by atoms with E-state index in [1.54, 1.807) is 18.2 Å². The predicted octanol–water partition coefficient (Wildman–Crippen LogP) is 7.51. The van der Waals surface area contributed by atoms with E-state index < -0.39 is 16.2 Å². The van der Waals surface area contributed by atoms with Gasteiger partial charge in [-0.05, 0) is 34.2 Å². The molecule has 0 saturated heterocycles. The zero-order chi connectivity index (χ0) is 26.6. The molecule has 4 aromatic carbocycles. The molecule has 0 saturated carbocycles. The molecule has 0 fully saturated rings. The molecule has 0 N–H and O–H groups in total. The summed E-state index contributed by atoms with van der Waals surface area (Å²) in [5.41, 5.74) is 2.97. The molecule has 0 aliphatic carbocycles. The second kappa shape index (κ2) is 13.9. The summed E-state index contributed by atoms with van der Waals surface area (Å²) in [7, 11) is -3.95. The maximum atomic E-state index is 12.1. The molecule has 4 rings (SSSR count). The molecule has 0 amide bonds. The van der Waals surface area contributed by atoms with Crippen molar-refractivity contribution in [3.05, 3.63) is 138 Å². The summed E-state index contributed by atoms with van der Waals surface area (Å²) in [6.45, 7) is 7.24. The van der Waals surface area contributed by atoms with E-state index in [9.17, 15) is 8.42 Å².